The Kier molecular flexibility index (Phi) is 9.44. The van der Waals surface area contributed by atoms with E-state index in [9.17, 15) is 4.79 Å². The van der Waals surface area contributed by atoms with Crippen LogP contribution in [0.25, 0.3) is 10.2 Å². The number of fused-ring (bicyclic) bond motifs is 1. The van der Waals surface area contributed by atoms with E-state index < -0.39 is 0 Å². The molecule has 3 rings (SSSR count). The summed E-state index contributed by atoms with van der Waals surface area (Å²) in [6, 6.07) is 11.9. The molecular formula is C22H27Cl2N3OS2. The van der Waals surface area contributed by atoms with Crippen LogP contribution in [0.3, 0.4) is 0 Å². The molecule has 30 heavy (non-hydrogen) atoms. The van der Waals surface area contributed by atoms with Gasteiger partial charge in [-0.1, -0.05) is 35.1 Å². The Labute approximate surface area is 198 Å². The van der Waals surface area contributed by atoms with E-state index in [1.54, 1.807) is 23.1 Å². The minimum Gasteiger partial charge on any atom is -0.308 e. The number of benzene rings is 2. The molecule has 4 nitrogen and oxygen atoms in total. The molecule has 3 aromatic rings. The second kappa shape index (κ2) is 11.3. The average molecular weight is 485 g/mol. The number of thioether (sulfide) groups is 1. The van der Waals surface area contributed by atoms with E-state index in [1.807, 2.05) is 43.3 Å². The van der Waals surface area contributed by atoms with Crippen LogP contribution in [0.1, 0.15) is 17.5 Å². The van der Waals surface area contributed by atoms with Crippen LogP contribution in [0.4, 0.5) is 5.13 Å². The lowest BCUT2D eigenvalue weighted by atomic mass is 10.1. The van der Waals surface area contributed by atoms with Crippen LogP contribution in [0, 0.1) is 13.8 Å². The van der Waals surface area contributed by atoms with Crippen molar-refractivity contribution in [1.82, 2.24) is 9.88 Å². The number of likely N-dealkylation sites (N-methyl/N-ethyl adjacent to an activating group) is 1. The predicted octanol–water partition coefficient (Wildman–Crippen LogP) is 6.07. The van der Waals surface area contributed by atoms with Crippen molar-refractivity contribution in [3.63, 3.8) is 0 Å². The Morgan fingerprint density at radius 1 is 1.07 bits per heavy atom. The second-order valence-corrected chi connectivity index (χ2v) is 9.86. The topological polar surface area (TPSA) is 36.4 Å². The maximum Gasteiger partial charge on any atom is 0.229 e. The largest absolute Gasteiger partial charge is 0.308 e. The number of rotatable bonds is 8. The summed E-state index contributed by atoms with van der Waals surface area (Å²) in [5.74, 6) is 0.838. The number of hydrogen-bond acceptors (Lipinski definition) is 5. The predicted molar refractivity (Wildman–Crippen MR) is 134 cm³/mol. The van der Waals surface area contributed by atoms with E-state index in [-0.39, 0.29) is 18.3 Å². The van der Waals surface area contributed by atoms with Gasteiger partial charge in [0, 0.05) is 35.2 Å². The van der Waals surface area contributed by atoms with Crippen molar-refractivity contribution in [2.24, 2.45) is 0 Å². The summed E-state index contributed by atoms with van der Waals surface area (Å²) in [5.41, 5.74) is 3.35. The average Bonchev–Trinajstić information content (AvgIpc) is 3.13. The second-order valence-electron chi connectivity index (χ2n) is 7.27. The molecular weight excluding hydrogens is 457 g/mol. The maximum absolute atomic E-state index is 13.1. The number of aryl methyl sites for hydroxylation is 2. The summed E-state index contributed by atoms with van der Waals surface area (Å²) >= 11 is 9.22. The third kappa shape index (κ3) is 6.34. The summed E-state index contributed by atoms with van der Waals surface area (Å²) in [5, 5.41) is 1.52. The fourth-order valence-corrected chi connectivity index (χ4v) is 5.03. The monoisotopic (exact) mass is 483 g/mol. The SMILES string of the molecule is Cc1ccc(C)c2sc(N(CCN(C)C)C(=O)CCSc3ccc(Cl)cc3)nc12.Cl. The Hall–Kier alpha value is -1.31. The molecule has 0 saturated heterocycles. The van der Waals surface area contributed by atoms with Crippen LogP contribution in [0.5, 0.6) is 0 Å². The molecule has 0 radical (unpaired) electrons. The zero-order chi connectivity index (χ0) is 21.0. The lowest BCUT2D eigenvalue weighted by Crippen LogP contribution is -2.36. The molecule has 0 aliphatic rings. The lowest BCUT2D eigenvalue weighted by Gasteiger charge is -2.22. The highest BCUT2D eigenvalue weighted by Crippen LogP contribution is 2.33. The Morgan fingerprint density at radius 2 is 1.73 bits per heavy atom. The molecule has 1 aromatic heterocycles. The molecule has 0 unspecified atom stereocenters. The van der Waals surface area contributed by atoms with Gasteiger partial charge in [0.15, 0.2) is 5.13 Å². The fraction of sp³-hybridized carbons (Fsp3) is 0.364. The van der Waals surface area contributed by atoms with Crippen molar-refractivity contribution in [3.05, 3.63) is 52.5 Å². The van der Waals surface area contributed by atoms with Gasteiger partial charge in [-0.3, -0.25) is 9.69 Å². The molecule has 2 aromatic carbocycles. The number of amides is 1. The van der Waals surface area contributed by atoms with E-state index in [4.69, 9.17) is 16.6 Å². The zero-order valence-electron chi connectivity index (χ0n) is 17.6. The molecule has 8 heteroatoms. The molecule has 0 fully saturated rings. The first-order chi connectivity index (χ1) is 13.8. The summed E-state index contributed by atoms with van der Waals surface area (Å²) in [7, 11) is 4.04. The summed E-state index contributed by atoms with van der Waals surface area (Å²) in [4.78, 5) is 23.0. The number of hydrogen-bond donors (Lipinski definition) is 0. The van der Waals surface area contributed by atoms with Gasteiger partial charge in [0.1, 0.15) is 0 Å². The third-order valence-corrected chi connectivity index (χ3v) is 7.11. The molecule has 0 aliphatic carbocycles. The molecule has 0 N–H and O–H groups in total. The van der Waals surface area contributed by atoms with Crippen molar-refractivity contribution in [2.45, 2.75) is 25.2 Å². The number of carbonyl (C=O) groups is 1. The smallest absolute Gasteiger partial charge is 0.229 e. The van der Waals surface area contributed by atoms with Crippen LogP contribution >= 0.6 is 47.1 Å². The third-order valence-electron chi connectivity index (χ3n) is 4.63. The minimum absolute atomic E-state index is 0. The molecule has 1 amide bonds. The number of thiazole rings is 1. The van der Waals surface area contributed by atoms with Gasteiger partial charge in [0.2, 0.25) is 5.91 Å². The van der Waals surface area contributed by atoms with E-state index in [0.717, 1.165) is 43.1 Å². The van der Waals surface area contributed by atoms with Gasteiger partial charge in [-0.15, -0.1) is 24.2 Å². The van der Waals surface area contributed by atoms with Gasteiger partial charge in [-0.2, -0.15) is 0 Å². The van der Waals surface area contributed by atoms with E-state index >= 15 is 0 Å². The fourth-order valence-electron chi connectivity index (χ4n) is 2.91. The summed E-state index contributed by atoms with van der Waals surface area (Å²) < 4.78 is 1.16. The Bertz CT molecular complexity index is 951. The number of nitrogens with zero attached hydrogens (tertiary/aromatic N) is 3. The molecule has 0 aliphatic heterocycles. The molecule has 0 bridgehead atoms. The first-order valence-corrected chi connectivity index (χ1v) is 11.7. The quantitative estimate of drug-likeness (QED) is 0.364. The Balaban J connectivity index is 0.00000320. The molecule has 0 spiro atoms. The Morgan fingerprint density at radius 3 is 2.37 bits per heavy atom. The highest BCUT2D eigenvalue weighted by molar-refractivity contribution is 7.99. The first kappa shape index (κ1) is 25.0. The van der Waals surface area contributed by atoms with Crippen molar-refractivity contribution in [2.75, 3.05) is 37.8 Å². The first-order valence-electron chi connectivity index (χ1n) is 9.55. The maximum atomic E-state index is 13.1. The van der Waals surface area contributed by atoms with Gasteiger partial charge in [-0.05, 0) is 63.3 Å². The van der Waals surface area contributed by atoms with E-state index in [2.05, 4.69) is 30.9 Å². The van der Waals surface area contributed by atoms with Crippen LogP contribution < -0.4 is 4.90 Å². The number of carbonyl (C=O) groups excluding carboxylic acids is 1. The molecule has 0 saturated carbocycles. The van der Waals surface area contributed by atoms with Crippen LogP contribution in [-0.4, -0.2) is 48.7 Å². The van der Waals surface area contributed by atoms with Crippen LogP contribution in [-0.2, 0) is 4.79 Å². The molecule has 0 atom stereocenters. The van der Waals surface area contributed by atoms with Crippen LogP contribution in [0.15, 0.2) is 41.3 Å². The summed E-state index contributed by atoms with van der Waals surface area (Å²) in [6.07, 6.45) is 0.467. The zero-order valence-corrected chi connectivity index (χ0v) is 20.9. The highest BCUT2D eigenvalue weighted by atomic mass is 35.5. The van der Waals surface area contributed by atoms with E-state index in [0.29, 0.717) is 13.0 Å². The van der Waals surface area contributed by atoms with Crippen molar-refractivity contribution in [3.8, 4) is 0 Å². The lowest BCUT2D eigenvalue weighted by molar-refractivity contribution is -0.118. The van der Waals surface area contributed by atoms with Gasteiger partial charge in [0.25, 0.3) is 0 Å². The van der Waals surface area contributed by atoms with Gasteiger partial charge in [0.05, 0.1) is 10.2 Å². The van der Waals surface area contributed by atoms with Gasteiger partial charge in [-0.25, -0.2) is 4.98 Å². The number of anilines is 1. The van der Waals surface area contributed by atoms with Crippen LogP contribution in [0.2, 0.25) is 5.02 Å². The summed E-state index contributed by atoms with van der Waals surface area (Å²) in [6.45, 7) is 5.60. The minimum atomic E-state index is 0. The highest BCUT2D eigenvalue weighted by Gasteiger charge is 2.20. The van der Waals surface area contributed by atoms with Crippen molar-refractivity contribution < 1.29 is 4.79 Å². The normalized spacial score (nSPS) is 11.0. The van der Waals surface area contributed by atoms with Crippen molar-refractivity contribution >= 4 is 68.4 Å². The molecule has 1 heterocycles. The van der Waals surface area contributed by atoms with Gasteiger partial charge < -0.3 is 4.90 Å². The number of halogens is 2. The standard InChI is InChI=1S/C22H26ClN3OS2.ClH/c1-15-5-6-16(2)21-20(15)24-22(29-21)26(13-12-25(3)4)19(27)11-14-28-18-9-7-17(23)8-10-18;/h5-10H,11-14H2,1-4H3;1H. The van der Waals surface area contributed by atoms with E-state index in [1.165, 1.54) is 5.56 Å². The van der Waals surface area contributed by atoms with Crippen molar-refractivity contribution in [1.29, 1.82) is 0 Å². The number of aromatic nitrogens is 1. The van der Waals surface area contributed by atoms with Gasteiger partial charge >= 0.3 is 0 Å². The molecule has 162 valence electrons.